The minimum absolute atomic E-state index is 0.0192. The molecule has 0 spiro atoms. The van der Waals surface area contributed by atoms with Crippen LogP contribution in [0.5, 0.6) is 0 Å². The van der Waals surface area contributed by atoms with Crippen LogP contribution in [0.25, 0.3) is 11.9 Å². The normalized spacial score (nSPS) is 15.5. The molecular formula is C23H19BrN4O2S. The van der Waals surface area contributed by atoms with Crippen molar-refractivity contribution >= 4 is 56.8 Å². The van der Waals surface area contributed by atoms with Crippen molar-refractivity contribution in [3.63, 3.8) is 0 Å². The van der Waals surface area contributed by atoms with Crippen LogP contribution >= 0.6 is 28.1 Å². The zero-order valence-electron chi connectivity index (χ0n) is 17.1. The molecule has 0 atom stereocenters. The highest BCUT2D eigenvalue weighted by Gasteiger charge is 2.34. The number of carbonyl (C=O) groups excluding carboxylic acids is 2. The van der Waals surface area contributed by atoms with Crippen LogP contribution in [0, 0.1) is 20.8 Å². The zero-order chi connectivity index (χ0) is 22.3. The van der Waals surface area contributed by atoms with Gasteiger partial charge in [0, 0.05) is 22.1 Å². The fraction of sp³-hybridized carbons (Fsp3) is 0.130. The molecule has 4 rings (SSSR count). The Bertz CT molecular complexity index is 1260. The lowest BCUT2D eigenvalue weighted by atomic mass is 10.1. The summed E-state index contributed by atoms with van der Waals surface area (Å²) in [5.74, 6) is -0.203. The van der Waals surface area contributed by atoms with Gasteiger partial charge in [0.15, 0.2) is 5.11 Å². The molecule has 1 aliphatic heterocycles. The molecule has 1 fully saturated rings. The van der Waals surface area contributed by atoms with E-state index >= 15 is 0 Å². The van der Waals surface area contributed by atoms with Crippen molar-refractivity contribution in [1.29, 1.82) is 0 Å². The second kappa shape index (κ2) is 8.20. The van der Waals surface area contributed by atoms with Gasteiger partial charge in [-0.1, -0.05) is 28.1 Å². The number of nitrogens with one attached hydrogen (secondary N) is 1. The van der Waals surface area contributed by atoms with Crippen LogP contribution in [0.15, 0.2) is 58.7 Å². The third-order valence-corrected chi connectivity index (χ3v) is 5.84. The fourth-order valence-corrected chi connectivity index (χ4v) is 4.21. The van der Waals surface area contributed by atoms with Crippen molar-refractivity contribution in [1.82, 2.24) is 14.9 Å². The third-order valence-electron chi connectivity index (χ3n) is 5.06. The van der Waals surface area contributed by atoms with E-state index in [1.165, 1.54) is 4.90 Å². The number of aromatic nitrogens is 2. The molecule has 1 aromatic carbocycles. The summed E-state index contributed by atoms with van der Waals surface area (Å²) in [4.78, 5) is 31.7. The molecule has 3 aromatic rings. The summed E-state index contributed by atoms with van der Waals surface area (Å²) in [6, 6.07) is 13.1. The molecule has 1 N–H and O–H groups in total. The fourth-order valence-electron chi connectivity index (χ4n) is 3.54. The van der Waals surface area contributed by atoms with Crippen LogP contribution in [0.4, 0.5) is 5.69 Å². The molecule has 0 aliphatic carbocycles. The first kappa shape index (κ1) is 21.1. The van der Waals surface area contributed by atoms with Gasteiger partial charge < -0.3 is 4.57 Å². The lowest BCUT2D eigenvalue weighted by Crippen LogP contribution is -2.54. The Balaban J connectivity index is 1.76. The van der Waals surface area contributed by atoms with Crippen molar-refractivity contribution in [2.45, 2.75) is 20.8 Å². The molecule has 2 amide bonds. The molecule has 0 radical (unpaired) electrons. The van der Waals surface area contributed by atoms with Crippen LogP contribution in [0.3, 0.4) is 0 Å². The lowest BCUT2D eigenvalue weighted by molar-refractivity contribution is -0.122. The summed E-state index contributed by atoms with van der Waals surface area (Å²) in [5.41, 5.74) is 4.25. The summed E-state index contributed by atoms with van der Waals surface area (Å²) in [5, 5.41) is 2.68. The number of benzene rings is 1. The van der Waals surface area contributed by atoms with E-state index in [4.69, 9.17) is 12.2 Å². The van der Waals surface area contributed by atoms with E-state index in [2.05, 4.69) is 26.2 Å². The predicted molar refractivity (Wildman–Crippen MR) is 128 cm³/mol. The Kier molecular flexibility index (Phi) is 5.60. The first-order valence-electron chi connectivity index (χ1n) is 9.55. The van der Waals surface area contributed by atoms with Crippen molar-refractivity contribution in [2.24, 2.45) is 0 Å². The van der Waals surface area contributed by atoms with Crippen molar-refractivity contribution < 1.29 is 9.59 Å². The first-order valence-corrected chi connectivity index (χ1v) is 10.8. The van der Waals surface area contributed by atoms with Crippen molar-refractivity contribution in [2.75, 3.05) is 4.90 Å². The maximum absolute atomic E-state index is 13.2. The van der Waals surface area contributed by atoms with E-state index in [-0.39, 0.29) is 10.7 Å². The maximum atomic E-state index is 13.2. The van der Waals surface area contributed by atoms with Gasteiger partial charge in [0.25, 0.3) is 11.8 Å². The minimum atomic E-state index is -0.514. The second-order valence-electron chi connectivity index (χ2n) is 7.29. The highest BCUT2D eigenvalue weighted by Crippen LogP contribution is 2.27. The molecule has 0 bridgehead atoms. The summed E-state index contributed by atoms with van der Waals surface area (Å²) in [6.07, 6.45) is 3.42. The molecule has 31 heavy (non-hydrogen) atoms. The smallest absolute Gasteiger partial charge is 0.270 e. The molecule has 8 heteroatoms. The number of halogens is 1. The molecule has 1 saturated heterocycles. The SMILES string of the molecule is Cc1ccc(-n2c(C)cc(/C=C3\C(=O)NC(=S)N(c4cccc(Br)c4)C3=O)c2C)nc1. The highest BCUT2D eigenvalue weighted by atomic mass is 79.9. The number of hydrogen-bond donors (Lipinski definition) is 1. The van der Waals surface area contributed by atoms with Gasteiger partial charge >= 0.3 is 0 Å². The van der Waals surface area contributed by atoms with Gasteiger partial charge in [-0.3, -0.25) is 19.8 Å². The molecule has 0 saturated carbocycles. The first-order chi connectivity index (χ1) is 14.8. The van der Waals surface area contributed by atoms with Gasteiger partial charge in [-0.25, -0.2) is 4.98 Å². The Morgan fingerprint density at radius 3 is 2.55 bits per heavy atom. The summed E-state index contributed by atoms with van der Waals surface area (Å²) >= 11 is 8.67. The Morgan fingerprint density at radius 2 is 1.87 bits per heavy atom. The van der Waals surface area contributed by atoms with Gasteiger partial charge in [-0.2, -0.15) is 0 Å². The number of anilines is 1. The van der Waals surface area contributed by atoms with E-state index in [1.807, 2.05) is 49.6 Å². The molecule has 3 heterocycles. The number of nitrogens with zero attached hydrogens (tertiary/aromatic N) is 3. The lowest BCUT2D eigenvalue weighted by Gasteiger charge is -2.29. The highest BCUT2D eigenvalue weighted by molar-refractivity contribution is 9.10. The molecule has 6 nitrogen and oxygen atoms in total. The third kappa shape index (κ3) is 3.96. The molecular weight excluding hydrogens is 476 g/mol. The number of carbonyl (C=O) groups is 2. The molecule has 2 aromatic heterocycles. The van der Waals surface area contributed by atoms with E-state index in [1.54, 1.807) is 30.5 Å². The summed E-state index contributed by atoms with van der Waals surface area (Å²) in [6.45, 7) is 5.88. The quantitative estimate of drug-likeness (QED) is 0.333. The van der Waals surface area contributed by atoms with Gasteiger partial charge in [0.1, 0.15) is 11.4 Å². The van der Waals surface area contributed by atoms with Crippen LogP contribution in [-0.4, -0.2) is 26.5 Å². The van der Waals surface area contributed by atoms with Crippen LogP contribution < -0.4 is 10.2 Å². The van der Waals surface area contributed by atoms with E-state index < -0.39 is 11.8 Å². The number of rotatable bonds is 3. The zero-order valence-corrected chi connectivity index (χ0v) is 19.5. The van der Waals surface area contributed by atoms with Crippen LogP contribution in [0.1, 0.15) is 22.5 Å². The number of hydrogen-bond acceptors (Lipinski definition) is 4. The van der Waals surface area contributed by atoms with E-state index in [0.29, 0.717) is 5.69 Å². The summed E-state index contributed by atoms with van der Waals surface area (Å²) in [7, 11) is 0. The number of thiocarbonyl (C=S) groups is 1. The Labute approximate surface area is 193 Å². The number of pyridine rings is 1. The van der Waals surface area contributed by atoms with Gasteiger partial charge in [0.2, 0.25) is 0 Å². The number of aryl methyl sites for hydroxylation is 2. The van der Waals surface area contributed by atoms with Crippen LogP contribution in [-0.2, 0) is 9.59 Å². The van der Waals surface area contributed by atoms with Crippen LogP contribution in [0.2, 0.25) is 0 Å². The molecule has 0 unspecified atom stereocenters. The standard InChI is InChI=1S/C23H19BrN4O2S/c1-13-7-8-20(25-12-13)27-14(2)9-16(15(27)3)10-19-21(29)26-23(31)28(22(19)30)18-6-4-5-17(24)11-18/h4-12H,1-3H3,(H,26,29,31)/b19-10+. The Hall–Kier alpha value is -3.10. The summed E-state index contributed by atoms with van der Waals surface area (Å²) < 4.78 is 2.80. The molecule has 156 valence electrons. The monoisotopic (exact) mass is 494 g/mol. The van der Waals surface area contributed by atoms with Gasteiger partial charge in [-0.05, 0) is 80.5 Å². The van der Waals surface area contributed by atoms with Crippen molar-refractivity contribution in [3.8, 4) is 5.82 Å². The Morgan fingerprint density at radius 1 is 1.10 bits per heavy atom. The van der Waals surface area contributed by atoms with E-state index in [0.717, 1.165) is 32.8 Å². The second-order valence-corrected chi connectivity index (χ2v) is 8.60. The average molecular weight is 495 g/mol. The maximum Gasteiger partial charge on any atom is 0.270 e. The average Bonchev–Trinajstić information content (AvgIpc) is 2.99. The number of amides is 2. The topological polar surface area (TPSA) is 67.2 Å². The predicted octanol–water partition coefficient (Wildman–Crippen LogP) is 4.39. The van der Waals surface area contributed by atoms with E-state index in [9.17, 15) is 9.59 Å². The largest absolute Gasteiger partial charge is 0.303 e. The minimum Gasteiger partial charge on any atom is -0.303 e. The molecule has 1 aliphatic rings. The van der Waals surface area contributed by atoms with Gasteiger partial charge in [0.05, 0.1) is 5.69 Å². The van der Waals surface area contributed by atoms with Gasteiger partial charge in [-0.15, -0.1) is 0 Å². The van der Waals surface area contributed by atoms with Crippen molar-refractivity contribution in [3.05, 3.63) is 81.2 Å².